The summed E-state index contributed by atoms with van der Waals surface area (Å²) in [4.78, 5) is 22.1. The maximum absolute atomic E-state index is 12.6. The molecule has 0 fully saturated rings. The highest BCUT2D eigenvalue weighted by Gasteiger charge is 2.30. The highest BCUT2D eigenvalue weighted by atomic mass is 35.5. The second-order valence-corrected chi connectivity index (χ2v) is 4.75. The molecule has 0 aliphatic carbocycles. The van der Waals surface area contributed by atoms with Gasteiger partial charge in [-0.25, -0.2) is 0 Å². The Labute approximate surface area is 130 Å². The molecule has 0 heterocycles. The SMILES string of the molecule is CC(=O)NCCNC(=O)C=Cc1cc(C(F)(F)F)ccc1Cl. The third kappa shape index (κ3) is 6.17. The largest absolute Gasteiger partial charge is 0.416 e. The average Bonchev–Trinajstić information content (AvgIpc) is 2.41. The topological polar surface area (TPSA) is 58.2 Å². The van der Waals surface area contributed by atoms with Crippen molar-refractivity contribution >= 4 is 29.5 Å². The van der Waals surface area contributed by atoms with Gasteiger partial charge in [0.2, 0.25) is 11.8 Å². The van der Waals surface area contributed by atoms with Crippen molar-refractivity contribution in [3.8, 4) is 0 Å². The van der Waals surface area contributed by atoms with Crippen LogP contribution in [0.4, 0.5) is 13.2 Å². The molecule has 1 aromatic carbocycles. The normalized spacial score (nSPS) is 11.5. The van der Waals surface area contributed by atoms with Crippen LogP contribution in [0, 0.1) is 0 Å². The summed E-state index contributed by atoms with van der Waals surface area (Å²) in [6, 6.07) is 2.86. The summed E-state index contributed by atoms with van der Waals surface area (Å²) in [5, 5.41) is 5.06. The summed E-state index contributed by atoms with van der Waals surface area (Å²) in [6.45, 7) is 1.82. The van der Waals surface area contributed by atoms with E-state index in [2.05, 4.69) is 10.6 Å². The third-order valence-corrected chi connectivity index (χ3v) is 2.88. The second-order valence-electron chi connectivity index (χ2n) is 4.34. The van der Waals surface area contributed by atoms with Crippen molar-refractivity contribution in [3.05, 3.63) is 40.4 Å². The van der Waals surface area contributed by atoms with Crippen LogP contribution in [0.25, 0.3) is 6.08 Å². The van der Waals surface area contributed by atoms with Gasteiger partial charge in [0.05, 0.1) is 5.56 Å². The molecule has 1 aromatic rings. The minimum absolute atomic E-state index is 0.0912. The molecule has 0 aromatic heterocycles. The first-order valence-corrected chi connectivity index (χ1v) is 6.65. The summed E-state index contributed by atoms with van der Waals surface area (Å²) in [5.74, 6) is -0.723. The van der Waals surface area contributed by atoms with Gasteiger partial charge in [-0.05, 0) is 29.8 Å². The highest BCUT2D eigenvalue weighted by molar-refractivity contribution is 6.32. The Bertz CT molecular complexity index is 586. The zero-order chi connectivity index (χ0) is 16.8. The molecule has 0 spiro atoms. The zero-order valence-corrected chi connectivity index (χ0v) is 12.4. The number of hydrogen-bond acceptors (Lipinski definition) is 2. The van der Waals surface area contributed by atoms with E-state index < -0.39 is 17.6 Å². The fourth-order valence-corrected chi connectivity index (χ4v) is 1.68. The molecule has 1 rings (SSSR count). The zero-order valence-electron chi connectivity index (χ0n) is 11.6. The van der Waals surface area contributed by atoms with Crippen LogP contribution in [0.2, 0.25) is 5.02 Å². The fourth-order valence-electron chi connectivity index (χ4n) is 1.50. The fraction of sp³-hybridized carbons (Fsp3) is 0.286. The van der Waals surface area contributed by atoms with E-state index in [1.165, 1.54) is 13.0 Å². The minimum Gasteiger partial charge on any atom is -0.355 e. The van der Waals surface area contributed by atoms with E-state index in [0.29, 0.717) is 0 Å². The second kappa shape index (κ2) is 7.84. The van der Waals surface area contributed by atoms with Gasteiger partial charge >= 0.3 is 6.18 Å². The standard InChI is InChI=1S/C14H14ClF3N2O2/c1-9(21)19-6-7-20-13(22)5-2-10-8-11(14(16,17)18)3-4-12(10)15/h2-5,8H,6-7H2,1H3,(H,19,21)(H,20,22). The molecule has 120 valence electrons. The molecule has 2 N–H and O–H groups in total. The Morgan fingerprint density at radius 1 is 1.23 bits per heavy atom. The number of hydrogen-bond donors (Lipinski definition) is 2. The quantitative estimate of drug-likeness (QED) is 0.642. The van der Waals surface area contributed by atoms with Crippen LogP contribution in [0.5, 0.6) is 0 Å². The first kappa shape index (κ1) is 18.0. The van der Waals surface area contributed by atoms with E-state index in [1.54, 1.807) is 0 Å². The lowest BCUT2D eigenvalue weighted by molar-refractivity contribution is -0.137. The van der Waals surface area contributed by atoms with Gasteiger partial charge in [0.15, 0.2) is 0 Å². The average molecular weight is 335 g/mol. The Balaban J connectivity index is 2.65. The number of carbonyl (C=O) groups is 2. The molecule has 0 atom stereocenters. The number of benzene rings is 1. The van der Waals surface area contributed by atoms with Crippen molar-refractivity contribution in [3.63, 3.8) is 0 Å². The number of rotatable bonds is 5. The van der Waals surface area contributed by atoms with Gasteiger partial charge in [-0.2, -0.15) is 13.2 Å². The first-order chi connectivity index (χ1) is 10.2. The van der Waals surface area contributed by atoms with E-state index in [1.807, 2.05) is 0 Å². The maximum atomic E-state index is 12.6. The van der Waals surface area contributed by atoms with Crippen molar-refractivity contribution in [2.24, 2.45) is 0 Å². The molecule has 0 saturated carbocycles. The molecule has 2 amide bonds. The van der Waals surface area contributed by atoms with Crippen LogP contribution < -0.4 is 10.6 Å². The molecule has 0 unspecified atom stereocenters. The molecular weight excluding hydrogens is 321 g/mol. The van der Waals surface area contributed by atoms with Gasteiger partial charge in [-0.1, -0.05) is 11.6 Å². The molecule has 8 heteroatoms. The summed E-state index contributed by atoms with van der Waals surface area (Å²) in [5.41, 5.74) is -0.754. The predicted octanol–water partition coefficient (Wildman–Crippen LogP) is 2.62. The lowest BCUT2D eigenvalue weighted by Crippen LogP contribution is -2.32. The predicted molar refractivity (Wildman–Crippen MR) is 77.2 cm³/mol. The van der Waals surface area contributed by atoms with Crippen LogP contribution >= 0.6 is 11.6 Å². The van der Waals surface area contributed by atoms with E-state index in [-0.39, 0.29) is 29.6 Å². The number of nitrogens with one attached hydrogen (secondary N) is 2. The first-order valence-electron chi connectivity index (χ1n) is 6.27. The number of amides is 2. The molecule has 4 nitrogen and oxygen atoms in total. The smallest absolute Gasteiger partial charge is 0.355 e. The van der Waals surface area contributed by atoms with Gasteiger partial charge < -0.3 is 10.6 Å². The number of alkyl halides is 3. The summed E-state index contributed by atoms with van der Waals surface area (Å²) in [7, 11) is 0. The van der Waals surface area contributed by atoms with E-state index >= 15 is 0 Å². The van der Waals surface area contributed by atoms with Crippen LogP contribution in [0.1, 0.15) is 18.1 Å². The maximum Gasteiger partial charge on any atom is 0.416 e. The van der Waals surface area contributed by atoms with Crippen molar-refractivity contribution < 1.29 is 22.8 Å². The van der Waals surface area contributed by atoms with Gasteiger partial charge in [-0.3, -0.25) is 9.59 Å². The third-order valence-electron chi connectivity index (χ3n) is 2.54. The monoisotopic (exact) mass is 334 g/mol. The molecule has 0 saturated heterocycles. The van der Waals surface area contributed by atoms with Crippen molar-refractivity contribution in [2.75, 3.05) is 13.1 Å². The Hall–Kier alpha value is -2.02. The number of carbonyl (C=O) groups excluding carboxylic acids is 2. The molecule has 0 bridgehead atoms. The minimum atomic E-state index is -4.48. The van der Waals surface area contributed by atoms with Crippen LogP contribution in [0.15, 0.2) is 24.3 Å². The molecule has 0 radical (unpaired) electrons. The van der Waals surface area contributed by atoms with E-state index in [9.17, 15) is 22.8 Å². The number of halogens is 4. The summed E-state index contributed by atoms with van der Waals surface area (Å²) >= 11 is 5.79. The highest BCUT2D eigenvalue weighted by Crippen LogP contribution is 2.32. The van der Waals surface area contributed by atoms with Gasteiger partial charge in [0.25, 0.3) is 0 Å². The molecule has 0 aliphatic heterocycles. The lowest BCUT2D eigenvalue weighted by atomic mass is 10.1. The van der Waals surface area contributed by atoms with Crippen molar-refractivity contribution in [1.29, 1.82) is 0 Å². The van der Waals surface area contributed by atoms with Crippen molar-refractivity contribution in [1.82, 2.24) is 10.6 Å². The molecule has 22 heavy (non-hydrogen) atoms. The van der Waals surface area contributed by atoms with E-state index in [0.717, 1.165) is 24.3 Å². The lowest BCUT2D eigenvalue weighted by Gasteiger charge is -2.08. The van der Waals surface area contributed by atoms with E-state index in [4.69, 9.17) is 11.6 Å². The Morgan fingerprint density at radius 2 is 1.86 bits per heavy atom. The van der Waals surface area contributed by atoms with Crippen LogP contribution in [0.3, 0.4) is 0 Å². The Morgan fingerprint density at radius 3 is 2.45 bits per heavy atom. The molecular formula is C14H14ClF3N2O2. The summed E-state index contributed by atoms with van der Waals surface area (Å²) in [6.07, 6.45) is -2.20. The molecule has 0 aliphatic rings. The van der Waals surface area contributed by atoms with Gasteiger partial charge in [0.1, 0.15) is 0 Å². The van der Waals surface area contributed by atoms with Gasteiger partial charge in [-0.15, -0.1) is 0 Å². The van der Waals surface area contributed by atoms with Crippen LogP contribution in [-0.2, 0) is 15.8 Å². The Kier molecular flexibility index (Phi) is 6.42. The van der Waals surface area contributed by atoms with Crippen LogP contribution in [-0.4, -0.2) is 24.9 Å². The van der Waals surface area contributed by atoms with Gasteiger partial charge in [0, 0.05) is 31.1 Å². The van der Waals surface area contributed by atoms with Crippen molar-refractivity contribution in [2.45, 2.75) is 13.1 Å². The summed E-state index contributed by atoms with van der Waals surface area (Å²) < 4.78 is 37.8.